The number of hydrogen-bond acceptors (Lipinski definition) is 5. The average molecular weight is 273 g/mol. The molecule has 0 aliphatic carbocycles. The summed E-state index contributed by atoms with van der Waals surface area (Å²) in [6, 6.07) is -0.281. The van der Waals surface area contributed by atoms with E-state index >= 15 is 0 Å². The Labute approximate surface area is 108 Å². The highest BCUT2D eigenvalue weighted by Gasteiger charge is 2.05. The van der Waals surface area contributed by atoms with Gasteiger partial charge in [-0.15, -0.1) is 5.10 Å². The number of carbonyl (C=O) groups excluding carboxylic acids is 1. The van der Waals surface area contributed by atoms with Crippen LogP contribution >= 0.6 is 11.8 Å². The number of rotatable bonds is 7. The molecule has 0 saturated heterocycles. The molecule has 1 heterocycles. The van der Waals surface area contributed by atoms with Gasteiger partial charge in [0.1, 0.15) is 12.2 Å². The predicted molar refractivity (Wildman–Crippen MR) is 66.3 cm³/mol. The van der Waals surface area contributed by atoms with Crippen molar-refractivity contribution in [2.24, 2.45) is 0 Å². The van der Waals surface area contributed by atoms with Crippen molar-refractivity contribution in [1.29, 1.82) is 0 Å². The van der Waals surface area contributed by atoms with Crippen molar-refractivity contribution in [2.45, 2.75) is 13.1 Å². The van der Waals surface area contributed by atoms with Crippen molar-refractivity contribution < 1.29 is 14.7 Å². The molecule has 0 aliphatic rings. The molecule has 1 aromatic rings. The van der Waals surface area contributed by atoms with Crippen LogP contribution in [-0.2, 0) is 17.9 Å². The molecular formula is C9H15N5O3S. The summed E-state index contributed by atoms with van der Waals surface area (Å²) in [6.45, 7) is 0.566. The highest BCUT2D eigenvalue weighted by Crippen LogP contribution is 1.92. The molecule has 9 heteroatoms. The lowest BCUT2D eigenvalue weighted by Crippen LogP contribution is -2.36. The maximum absolute atomic E-state index is 11.3. The van der Waals surface area contributed by atoms with E-state index in [4.69, 9.17) is 5.11 Å². The SMILES string of the molecule is CSCCNC(=O)NCc1cn(CC(=O)O)nn1. The predicted octanol–water partition coefficient (Wildman–Crippen LogP) is -0.475. The van der Waals surface area contributed by atoms with Crippen LogP contribution in [0.25, 0.3) is 0 Å². The van der Waals surface area contributed by atoms with Crippen LogP contribution in [0.1, 0.15) is 5.69 Å². The topological polar surface area (TPSA) is 109 Å². The first kappa shape index (κ1) is 14.3. The Balaban J connectivity index is 2.28. The van der Waals surface area contributed by atoms with Gasteiger partial charge in [-0.1, -0.05) is 5.21 Å². The van der Waals surface area contributed by atoms with Crippen LogP contribution in [0.3, 0.4) is 0 Å². The standard InChI is InChI=1S/C9H15N5O3S/c1-18-3-2-10-9(17)11-4-7-5-14(13-12-7)6-8(15)16/h5H,2-4,6H2,1H3,(H,15,16)(H2,10,11,17). The average Bonchev–Trinajstić information content (AvgIpc) is 2.73. The smallest absolute Gasteiger partial charge is 0.325 e. The fourth-order valence-electron chi connectivity index (χ4n) is 1.14. The number of carboxylic acid groups (broad SMARTS) is 1. The largest absolute Gasteiger partial charge is 0.480 e. The van der Waals surface area contributed by atoms with Crippen molar-refractivity contribution in [3.63, 3.8) is 0 Å². The monoisotopic (exact) mass is 273 g/mol. The zero-order valence-electron chi connectivity index (χ0n) is 9.92. The van der Waals surface area contributed by atoms with Crippen LogP contribution in [0.2, 0.25) is 0 Å². The highest BCUT2D eigenvalue weighted by atomic mass is 32.2. The molecule has 1 rings (SSSR count). The van der Waals surface area contributed by atoms with E-state index < -0.39 is 5.97 Å². The minimum atomic E-state index is -0.991. The number of aromatic nitrogens is 3. The minimum absolute atomic E-state index is 0.213. The fraction of sp³-hybridized carbons (Fsp3) is 0.556. The van der Waals surface area contributed by atoms with Crippen LogP contribution < -0.4 is 10.6 Å². The van der Waals surface area contributed by atoms with Gasteiger partial charge in [0.25, 0.3) is 0 Å². The lowest BCUT2D eigenvalue weighted by molar-refractivity contribution is -0.137. The number of aliphatic carboxylic acids is 1. The number of amides is 2. The van der Waals surface area contributed by atoms with Gasteiger partial charge in [-0.3, -0.25) is 4.79 Å². The molecule has 0 atom stereocenters. The molecular weight excluding hydrogens is 258 g/mol. The molecule has 18 heavy (non-hydrogen) atoms. The van der Waals surface area contributed by atoms with Gasteiger partial charge in [0.2, 0.25) is 0 Å². The number of urea groups is 1. The van der Waals surface area contributed by atoms with Gasteiger partial charge in [0, 0.05) is 12.3 Å². The maximum Gasteiger partial charge on any atom is 0.325 e. The van der Waals surface area contributed by atoms with Gasteiger partial charge in [0.15, 0.2) is 0 Å². The molecule has 0 saturated carbocycles. The molecule has 0 aromatic carbocycles. The first-order valence-corrected chi connectivity index (χ1v) is 6.62. The Kier molecular flexibility index (Phi) is 5.98. The number of thioether (sulfide) groups is 1. The van der Waals surface area contributed by atoms with E-state index in [1.807, 2.05) is 6.26 Å². The number of carboxylic acids is 1. The molecule has 0 fully saturated rings. The Morgan fingerprint density at radius 2 is 2.28 bits per heavy atom. The molecule has 0 bridgehead atoms. The lowest BCUT2D eigenvalue weighted by Gasteiger charge is -2.04. The van der Waals surface area contributed by atoms with Gasteiger partial charge >= 0.3 is 12.0 Å². The normalized spacial score (nSPS) is 10.1. The Hall–Kier alpha value is -1.77. The molecule has 0 aliphatic heterocycles. The number of hydrogen-bond donors (Lipinski definition) is 3. The number of nitrogens with one attached hydrogen (secondary N) is 2. The van der Waals surface area contributed by atoms with Crippen molar-refractivity contribution in [3.05, 3.63) is 11.9 Å². The Morgan fingerprint density at radius 1 is 1.50 bits per heavy atom. The van der Waals surface area contributed by atoms with Crippen molar-refractivity contribution in [2.75, 3.05) is 18.6 Å². The summed E-state index contributed by atoms with van der Waals surface area (Å²) in [5, 5.41) is 21.2. The summed E-state index contributed by atoms with van der Waals surface area (Å²) >= 11 is 1.64. The van der Waals surface area contributed by atoms with E-state index in [-0.39, 0.29) is 19.1 Å². The fourth-order valence-corrected chi connectivity index (χ4v) is 1.44. The molecule has 0 spiro atoms. The van der Waals surface area contributed by atoms with Gasteiger partial charge in [-0.25, -0.2) is 9.48 Å². The molecule has 8 nitrogen and oxygen atoms in total. The van der Waals surface area contributed by atoms with Crippen LogP contribution in [-0.4, -0.2) is 50.7 Å². The lowest BCUT2D eigenvalue weighted by atomic mass is 10.5. The van der Waals surface area contributed by atoms with E-state index in [9.17, 15) is 9.59 Å². The van der Waals surface area contributed by atoms with Gasteiger partial charge < -0.3 is 15.7 Å². The molecule has 1 aromatic heterocycles. The van der Waals surface area contributed by atoms with Crippen LogP contribution in [0.15, 0.2) is 6.20 Å². The van der Waals surface area contributed by atoms with Crippen molar-refractivity contribution in [3.8, 4) is 0 Å². The minimum Gasteiger partial charge on any atom is -0.480 e. The summed E-state index contributed by atoms with van der Waals surface area (Å²) in [5.41, 5.74) is 0.510. The van der Waals surface area contributed by atoms with Crippen LogP contribution in [0, 0.1) is 0 Å². The van der Waals surface area contributed by atoms with Crippen molar-refractivity contribution >= 4 is 23.8 Å². The van der Waals surface area contributed by atoms with E-state index in [0.717, 1.165) is 5.75 Å². The second-order valence-electron chi connectivity index (χ2n) is 3.40. The summed E-state index contributed by atoms with van der Waals surface area (Å²) in [6.07, 6.45) is 3.44. The zero-order chi connectivity index (χ0) is 13.4. The summed E-state index contributed by atoms with van der Waals surface area (Å²) < 4.78 is 1.20. The quantitative estimate of drug-likeness (QED) is 0.579. The zero-order valence-corrected chi connectivity index (χ0v) is 10.7. The second kappa shape index (κ2) is 7.54. The third-order valence-corrected chi connectivity index (χ3v) is 2.52. The number of nitrogens with zero attached hydrogens (tertiary/aromatic N) is 3. The van der Waals surface area contributed by atoms with E-state index in [2.05, 4.69) is 20.9 Å². The van der Waals surface area contributed by atoms with E-state index in [0.29, 0.717) is 12.2 Å². The van der Waals surface area contributed by atoms with E-state index in [1.165, 1.54) is 10.9 Å². The Bertz CT molecular complexity index is 409. The first-order chi connectivity index (χ1) is 8.61. The molecule has 100 valence electrons. The van der Waals surface area contributed by atoms with Crippen LogP contribution in [0.5, 0.6) is 0 Å². The van der Waals surface area contributed by atoms with Crippen LogP contribution in [0.4, 0.5) is 4.79 Å². The van der Waals surface area contributed by atoms with Crippen molar-refractivity contribution in [1.82, 2.24) is 25.6 Å². The highest BCUT2D eigenvalue weighted by molar-refractivity contribution is 7.98. The Morgan fingerprint density at radius 3 is 2.94 bits per heavy atom. The molecule has 2 amide bonds. The summed E-state index contributed by atoms with van der Waals surface area (Å²) in [7, 11) is 0. The first-order valence-electron chi connectivity index (χ1n) is 5.23. The summed E-state index contributed by atoms with van der Waals surface area (Å²) in [4.78, 5) is 21.7. The van der Waals surface area contributed by atoms with E-state index in [1.54, 1.807) is 11.8 Å². The third-order valence-electron chi connectivity index (χ3n) is 1.91. The molecule has 0 radical (unpaired) electrons. The van der Waals surface area contributed by atoms with Gasteiger partial charge in [0.05, 0.1) is 12.7 Å². The molecule has 0 unspecified atom stereocenters. The summed E-state index contributed by atoms with van der Waals surface area (Å²) in [5.74, 6) is -0.142. The molecule has 3 N–H and O–H groups in total. The van der Waals surface area contributed by atoms with Gasteiger partial charge in [-0.2, -0.15) is 11.8 Å². The third kappa shape index (κ3) is 5.53. The number of carbonyl (C=O) groups is 2. The second-order valence-corrected chi connectivity index (χ2v) is 4.39. The van der Waals surface area contributed by atoms with Gasteiger partial charge in [-0.05, 0) is 6.26 Å². The maximum atomic E-state index is 11.3.